The maximum atomic E-state index is 12.5. The van der Waals surface area contributed by atoms with Gasteiger partial charge in [0, 0.05) is 37.7 Å². The molecule has 0 aromatic carbocycles. The Bertz CT molecular complexity index is 785. The summed E-state index contributed by atoms with van der Waals surface area (Å²) in [6.07, 6.45) is 8.67. The van der Waals surface area contributed by atoms with Gasteiger partial charge in [0.2, 0.25) is 5.91 Å². The summed E-state index contributed by atoms with van der Waals surface area (Å²) >= 11 is 0. The number of hydrogen-bond donors (Lipinski definition) is 2. The molecule has 8 heteroatoms. The van der Waals surface area contributed by atoms with Crippen LogP contribution in [0.15, 0.2) is 12.4 Å². The topological polar surface area (TPSA) is 82.6 Å². The molecule has 4 atom stereocenters. The van der Waals surface area contributed by atoms with Crippen LogP contribution in [0.3, 0.4) is 0 Å². The van der Waals surface area contributed by atoms with Gasteiger partial charge in [-0.05, 0) is 45.4 Å². The summed E-state index contributed by atoms with van der Waals surface area (Å²) < 4.78 is 6.40. The van der Waals surface area contributed by atoms with Crippen molar-refractivity contribution >= 4 is 11.7 Å². The standard InChI is InChI=1S/C22H34N6O2/c1-3-8-27-9-10-28(13-20(27)29)19-12-18(23-14-24-19)21-16-11-15(30-22(2)6-7-22)4-5-17(16)25-26-21/h12,14-17,21,25-26H,3-11,13H2,1-2H3. The van der Waals surface area contributed by atoms with E-state index in [2.05, 4.69) is 45.6 Å². The number of amides is 1. The number of carbonyl (C=O) groups excluding carboxylic acids is 1. The molecule has 5 rings (SSSR count). The van der Waals surface area contributed by atoms with Crippen molar-refractivity contribution in [2.45, 2.75) is 76.2 Å². The maximum absolute atomic E-state index is 12.5. The molecule has 2 N–H and O–H groups in total. The van der Waals surface area contributed by atoms with Crippen molar-refractivity contribution in [1.82, 2.24) is 25.7 Å². The molecule has 1 amide bonds. The molecule has 2 saturated heterocycles. The molecule has 2 saturated carbocycles. The normalized spacial score (nSPS) is 32.9. The number of ether oxygens (including phenoxy) is 1. The van der Waals surface area contributed by atoms with E-state index in [0.717, 1.165) is 56.8 Å². The quantitative estimate of drug-likeness (QED) is 0.734. The lowest BCUT2D eigenvalue weighted by molar-refractivity contribution is -0.131. The zero-order valence-corrected chi connectivity index (χ0v) is 18.1. The van der Waals surface area contributed by atoms with Gasteiger partial charge in [0.15, 0.2) is 0 Å². The van der Waals surface area contributed by atoms with Crippen LogP contribution < -0.4 is 15.8 Å². The van der Waals surface area contributed by atoms with Gasteiger partial charge in [-0.2, -0.15) is 0 Å². The predicted molar refractivity (Wildman–Crippen MR) is 114 cm³/mol. The molecule has 2 aliphatic carbocycles. The van der Waals surface area contributed by atoms with Gasteiger partial charge in [0.1, 0.15) is 12.1 Å². The highest BCUT2D eigenvalue weighted by Gasteiger charge is 2.46. The minimum absolute atomic E-state index is 0.126. The first-order valence-electron chi connectivity index (χ1n) is 11.6. The number of nitrogens with one attached hydrogen (secondary N) is 2. The highest BCUT2D eigenvalue weighted by molar-refractivity contribution is 5.82. The molecule has 3 heterocycles. The van der Waals surface area contributed by atoms with Crippen LogP contribution >= 0.6 is 0 Å². The Labute approximate surface area is 178 Å². The van der Waals surface area contributed by atoms with Crippen molar-refractivity contribution < 1.29 is 9.53 Å². The largest absolute Gasteiger partial charge is 0.372 e. The molecule has 1 aromatic rings. The van der Waals surface area contributed by atoms with Crippen LogP contribution in [0.25, 0.3) is 0 Å². The molecule has 30 heavy (non-hydrogen) atoms. The smallest absolute Gasteiger partial charge is 0.242 e. The molecular formula is C22H34N6O2. The number of aromatic nitrogens is 2. The summed E-state index contributed by atoms with van der Waals surface area (Å²) in [7, 11) is 0. The lowest BCUT2D eigenvalue weighted by Crippen LogP contribution is -2.50. The van der Waals surface area contributed by atoms with Gasteiger partial charge in [0.05, 0.1) is 30.0 Å². The van der Waals surface area contributed by atoms with Crippen LogP contribution in [0.5, 0.6) is 0 Å². The van der Waals surface area contributed by atoms with E-state index in [1.165, 1.54) is 12.8 Å². The summed E-state index contributed by atoms with van der Waals surface area (Å²) in [5.74, 6) is 1.49. The van der Waals surface area contributed by atoms with E-state index in [1.54, 1.807) is 6.33 Å². The van der Waals surface area contributed by atoms with E-state index < -0.39 is 0 Å². The predicted octanol–water partition coefficient (Wildman–Crippen LogP) is 1.79. The van der Waals surface area contributed by atoms with Crippen molar-refractivity contribution in [3.63, 3.8) is 0 Å². The van der Waals surface area contributed by atoms with Gasteiger partial charge in [-0.15, -0.1) is 0 Å². The first-order valence-corrected chi connectivity index (χ1v) is 11.6. The van der Waals surface area contributed by atoms with E-state index in [1.807, 2.05) is 4.90 Å². The number of rotatable bonds is 6. The van der Waals surface area contributed by atoms with Gasteiger partial charge in [-0.1, -0.05) is 6.92 Å². The second-order valence-electron chi connectivity index (χ2n) is 9.64. The molecule has 4 fully saturated rings. The fourth-order valence-electron chi connectivity index (χ4n) is 5.23. The van der Waals surface area contributed by atoms with Gasteiger partial charge in [-0.25, -0.2) is 15.4 Å². The summed E-state index contributed by atoms with van der Waals surface area (Å²) in [5, 5.41) is 0. The number of carbonyl (C=O) groups is 1. The molecule has 2 aliphatic heterocycles. The number of hydrazine groups is 1. The maximum Gasteiger partial charge on any atom is 0.242 e. The van der Waals surface area contributed by atoms with Crippen molar-refractivity contribution in [3.05, 3.63) is 18.1 Å². The van der Waals surface area contributed by atoms with Crippen molar-refractivity contribution in [3.8, 4) is 0 Å². The molecule has 4 aliphatic rings. The zero-order valence-electron chi connectivity index (χ0n) is 18.1. The highest BCUT2D eigenvalue weighted by Crippen LogP contribution is 2.45. The Kier molecular flexibility index (Phi) is 5.41. The Morgan fingerprint density at radius 1 is 1.23 bits per heavy atom. The Morgan fingerprint density at radius 3 is 2.87 bits per heavy atom. The third-order valence-corrected chi connectivity index (χ3v) is 7.24. The monoisotopic (exact) mass is 414 g/mol. The number of fused-ring (bicyclic) bond motifs is 1. The van der Waals surface area contributed by atoms with Crippen LogP contribution in [0.1, 0.15) is 64.1 Å². The fraction of sp³-hybridized carbons (Fsp3) is 0.773. The van der Waals surface area contributed by atoms with Gasteiger partial charge in [-0.3, -0.25) is 10.2 Å². The first kappa shape index (κ1) is 20.2. The van der Waals surface area contributed by atoms with Gasteiger partial charge < -0.3 is 14.5 Å². The summed E-state index contributed by atoms with van der Waals surface area (Å²) in [6, 6.07) is 2.67. The van der Waals surface area contributed by atoms with E-state index in [9.17, 15) is 4.79 Å². The average molecular weight is 415 g/mol. The molecule has 0 bridgehead atoms. The van der Waals surface area contributed by atoms with Crippen molar-refractivity contribution in [2.75, 3.05) is 31.1 Å². The van der Waals surface area contributed by atoms with Crippen LogP contribution in [0, 0.1) is 5.92 Å². The molecule has 0 radical (unpaired) electrons. The van der Waals surface area contributed by atoms with Gasteiger partial charge in [0.25, 0.3) is 0 Å². The Hall–Kier alpha value is -1.77. The number of hydrogen-bond acceptors (Lipinski definition) is 7. The van der Waals surface area contributed by atoms with E-state index >= 15 is 0 Å². The zero-order chi connectivity index (χ0) is 20.7. The fourth-order valence-corrected chi connectivity index (χ4v) is 5.23. The molecule has 164 valence electrons. The minimum Gasteiger partial charge on any atom is -0.372 e. The summed E-state index contributed by atoms with van der Waals surface area (Å²) in [4.78, 5) is 25.6. The van der Waals surface area contributed by atoms with Crippen LogP contribution in [-0.2, 0) is 9.53 Å². The molecule has 4 unspecified atom stereocenters. The highest BCUT2D eigenvalue weighted by atomic mass is 16.5. The second-order valence-corrected chi connectivity index (χ2v) is 9.64. The average Bonchev–Trinajstić information content (AvgIpc) is 3.32. The summed E-state index contributed by atoms with van der Waals surface area (Å²) in [5.41, 5.74) is 8.11. The van der Waals surface area contributed by atoms with Crippen LogP contribution in [-0.4, -0.2) is 64.7 Å². The van der Waals surface area contributed by atoms with Crippen molar-refractivity contribution in [1.29, 1.82) is 0 Å². The van der Waals surface area contributed by atoms with Crippen molar-refractivity contribution in [2.24, 2.45) is 5.92 Å². The molecule has 1 aromatic heterocycles. The minimum atomic E-state index is 0.126. The Balaban J connectivity index is 1.27. The molecular weight excluding hydrogens is 380 g/mol. The Morgan fingerprint density at radius 2 is 2.10 bits per heavy atom. The lowest BCUT2D eigenvalue weighted by atomic mass is 9.79. The van der Waals surface area contributed by atoms with E-state index in [0.29, 0.717) is 24.6 Å². The molecule has 0 spiro atoms. The second kappa shape index (κ2) is 8.05. The number of nitrogens with zero attached hydrogens (tertiary/aromatic N) is 4. The summed E-state index contributed by atoms with van der Waals surface area (Å²) in [6.45, 7) is 7.16. The molecule has 8 nitrogen and oxygen atoms in total. The van der Waals surface area contributed by atoms with E-state index in [4.69, 9.17) is 4.74 Å². The lowest BCUT2D eigenvalue weighted by Gasteiger charge is -2.35. The first-order chi connectivity index (χ1) is 14.5. The number of anilines is 1. The third-order valence-electron chi connectivity index (χ3n) is 7.24. The van der Waals surface area contributed by atoms with Gasteiger partial charge >= 0.3 is 0 Å². The van der Waals surface area contributed by atoms with E-state index in [-0.39, 0.29) is 17.6 Å². The third kappa shape index (κ3) is 4.05. The SMILES string of the molecule is CCCN1CCN(c2cc(C3NNC4CCC(OC5(C)CC5)CC43)ncn2)CC1=O. The van der Waals surface area contributed by atoms with Crippen LogP contribution in [0.2, 0.25) is 0 Å². The number of piperazine rings is 1. The van der Waals surface area contributed by atoms with Crippen LogP contribution in [0.4, 0.5) is 5.82 Å².